The Morgan fingerprint density at radius 2 is 1.96 bits per heavy atom. The van der Waals surface area contributed by atoms with Crippen LogP contribution < -0.4 is 4.74 Å². The zero-order valence-electron chi connectivity index (χ0n) is 14.0. The highest BCUT2D eigenvalue weighted by atomic mass is 16.5. The maximum absolute atomic E-state index is 12.4. The summed E-state index contributed by atoms with van der Waals surface area (Å²) in [6.07, 6.45) is 3.67. The lowest BCUT2D eigenvalue weighted by molar-refractivity contribution is 0.0696. The van der Waals surface area contributed by atoms with Crippen LogP contribution in [0.15, 0.2) is 18.2 Å². The third-order valence-corrected chi connectivity index (χ3v) is 4.77. The molecule has 0 bridgehead atoms. The summed E-state index contributed by atoms with van der Waals surface area (Å²) >= 11 is 0. The maximum atomic E-state index is 12.4. The van der Waals surface area contributed by atoms with Crippen molar-refractivity contribution in [3.05, 3.63) is 29.3 Å². The molecule has 3 rings (SSSR count). The predicted octanol–water partition coefficient (Wildman–Crippen LogP) is 2.62. The molecule has 2 saturated heterocycles. The molecule has 2 aliphatic heterocycles. The average Bonchev–Trinajstić information content (AvgIpc) is 3.26. The van der Waals surface area contributed by atoms with Crippen molar-refractivity contribution in [3.8, 4) is 5.75 Å². The minimum atomic E-state index is -0.931. The number of benzene rings is 1. The van der Waals surface area contributed by atoms with Crippen molar-refractivity contribution >= 4 is 12.0 Å². The molecule has 1 N–H and O–H groups in total. The lowest BCUT2D eigenvalue weighted by Gasteiger charge is -2.24. The maximum Gasteiger partial charge on any atom is 0.335 e. The SMILES string of the molecule is CCc1cc(C(=O)O)ccc1OC1CCN(C(=O)N2CCCC2)C1. The van der Waals surface area contributed by atoms with Crippen LogP contribution in [0.2, 0.25) is 0 Å². The Balaban J connectivity index is 1.63. The second kappa shape index (κ2) is 7.11. The summed E-state index contributed by atoms with van der Waals surface area (Å²) in [5.74, 6) is -0.206. The van der Waals surface area contributed by atoms with Crippen molar-refractivity contribution in [1.82, 2.24) is 9.80 Å². The number of carboxylic acids is 1. The molecule has 1 unspecified atom stereocenters. The number of carbonyl (C=O) groups is 2. The molecule has 130 valence electrons. The van der Waals surface area contributed by atoms with Crippen LogP contribution in [0.3, 0.4) is 0 Å². The van der Waals surface area contributed by atoms with Crippen molar-refractivity contribution in [2.45, 2.75) is 38.7 Å². The first-order valence-corrected chi connectivity index (χ1v) is 8.65. The summed E-state index contributed by atoms with van der Waals surface area (Å²) in [5.41, 5.74) is 1.16. The average molecular weight is 332 g/mol. The quantitative estimate of drug-likeness (QED) is 0.920. The van der Waals surface area contributed by atoms with Gasteiger partial charge in [-0.2, -0.15) is 0 Å². The molecule has 2 aliphatic rings. The Labute approximate surface area is 142 Å². The number of ether oxygens (including phenoxy) is 1. The number of hydrogen-bond donors (Lipinski definition) is 1. The third kappa shape index (κ3) is 3.47. The van der Waals surface area contributed by atoms with E-state index in [1.54, 1.807) is 18.2 Å². The molecule has 1 atom stereocenters. The third-order valence-electron chi connectivity index (χ3n) is 4.77. The van der Waals surface area contributed by atoms with Gasteiger partial charge in [0.15, 0.2) is 0 Å². The highest BCUT2D eigenvalue weighted by molar-refractivity contribution is 5.88. The van der Waals surface area contributed by atoms with Gasteiger partial charge in [0.05, 0.1) is 12.1 Å². The standard InChI is InChI=1S/C18H24N2O4/c1-2-13-11-14(17(21)22)5-6-16(13)24-15-7-10-20(12-15)18(23)19-8-3-4-9-19/h5-6,11,15H,2-4,7-10,12H2,1H3,(H,21,22). The van der Waals surface area contributed by atoms with Crippen LogP contribution in [-0.2, 0) is 6.42 Å². The van der Waals surface area contributed by atoms with Gasteiger partial charge in [0, 0.05) is 26.1 Å². The molecule has 6 heteroatoms. The summed E-state index contributed by atoms with van der Waals surface area (Å²) in [5, 5.41) is 9.09. The van der Waals surface area contributed by atoms with E-state index in [-0.39, 0.29) is 17.7 Å². The molecular formula is C18H24N2O4. The summed E-state index contributed by atoms with van der Waals surface area (Å²) in [6.45, 7) is 5.01. The molecule has 0 aliphatic carbocycles. The molecule has 6 nitrogen and oxygen atoms in total. The lowest BCUT2D eigenvalue weighted by atomic mass is 10.1. The van der Waals surface area contributed by atoms with Crippen LogP contribution in [-0.4, -0.2) is 59.2 Å². The van der Waals surface area contributed by atoms with Crippen molar-refractivity contribution in [2.75, 3.05) is 26.2 Å². The number of carbonyl (C=O) groups excluding carboxylic acids is 1. The minimum absolute atomic E-state index is 0.0301. The summed E-state index contributed by atoms with van der Waals surface area (Å²) < 4.78 is 6.07. The monoisotopic (exact) mass is 332 g/mol. The molecule has 1 aromatic rings. The van der Waals surface area contributed by atoms with Crippen LogP contribution >= 0.6 is 0 Å². The molecule has 2 fully saturated rings. The van der Waals surface area contributed by atoms with Gasteiger partial charge in [-0.25, -0.2) is 9.59 Å². The first-order valence-electron chi connectivity index (χ1n) is 8.65. The Kier molecular flexibility index (Phi) is 4.92. The number of carboxylic acid groups (broad SMARTS) is 1. The Hall–Kier alpha value is -2.24. The van der Waals surface area contributed by atoms with Gasteiger partial charge in [0.2, 0.25) is 0 Å². The molecule has 0 radical (unpaired) electrons. The van der Waals surface area contributed by atoms with Gasteiger partial charge in [-0.3, -0.25) is 0 Å². The van der Waals surface area contributed by atoms with E-state index in [0.717, 1.165) is 43.7 Å². The van der Waals surface area contributed by atoms with Crippen molar-refractivity contribution in [1.29, 1.82) is 0 Å². The summed E-state index contributed by atoms with van der Waals surface area (Å²) in [4.78, 5) is 27.3. The molecule has 2 amide bonds. The first-order chi connectivity index (χ1) is 11.6. The van der Waals surface area contributed by atoms with Crippen LogP contribution in [0.5, 0.6) is 5.75 Å². The van der Waals surface area contributed by atoms with Gasteiger partial charge in [-0.05, 0) is 43.0 Å². The van der Waals surface area contributed by atoms with E-state index in [2.05, 4.69) is 0 Å². The van der Waals surface area contributed by atoms with Gasteiger partial charge in [-0.1, -0.05) is 6.92 Å². The second-order valence-corrected chi connectivity index (χ2v) is 6.43. The van der Waals surface area contributed by atoms with E-state index in [4.69, 9.17) is 9.84 Å². The Morgan fingerprint density at radius 1 is 1.21 bits per heavy atom. The fraction of sp³-hybridized carbons (Fsp3) is 0.556. The normalized spacial score (nSPS) is 20.5. The van der Waals surface area contributed by atoms with Crippen LogP contribution in [0.4, 0.5) is 4.79 Å². The topological polar surface area (TPSA) is 70.1 Å². The first kappa shape index (κ1) is 16.6. The van der Waals surface area contributed by atoms with E-state index in [1.165, 1.54) is 0 Å². The molecule has 2 heterocycles. The largest absolute Gasteiger partial charge is 0.488 e. The van der Waals surface area contributed by atoms with E-state index in [1.807, 2.05) is 16.7 Å². The zero-order valence-corrected chi connectivity index (χ0v) is 14.0. The van der Waals surface area contributed by atoms with Gasteiger partial charge in [0.25, 0.3) is 0 Å². The van der Waals surface area contributed by atoms with E-state index in [9.17, 15) is 9.59 Å². The van der Waals surface area contributed by atoms with Crippen molar-refractivity contribution in [2.24, 2.45) is 0 Å². The van der Waals surface area contributed by atoms with Crippen LogP contribution in [0.1, 0.15) is 42.1 Å². The summed E-state index contributed by atoms with van der Waals surface area (Å²) in [6, 6.07) is 5.09. The molecule has 24 heavy (non-hydrogen) atoms. The van der Waals surface area contributed by atoms with Crippen LogP contribution in [0, 0.1) is 0 Å². The molecule has 0 saturated carbocycles. The van der Waals surface area contributed by atoms with Crippen molar-refractivity contribution < 1.29 is 19.4 Å². The Bertz CT molecular complexity index is 625. The van der Waals surface area contributed by atoms with Crippen molar-refractivity contribution in [3.63, 3.8) is 0 Å². The number of aromatic carboxylic acids is 1. The number of urea groups is 1. The number of likely N-dealkylation sites (tertiary alicyclic amines) is 2. The minimum Gasteiger partial charge on any atom is -0.488 e. The number of nitrogens with zero attached hydrogens (tertiary/aromatic N) is 2. The highest BCUT2D eigenvalue weighted by Gasteiger charge is 2.31. The Morgan fingerprint density at radius 3 is 2.62 bits per heavy atom. The van der Waals surface area contributed by atoms with E-state index in [0.29, 0.717) is 19.5 Å². The number of hydrogen-bond acceptors (Lipinski definition) is 3. The van der Waals surface area contributed by atoms with Gasteiger partial charge < -0.3 is 19.6 Å². The molecule has 1 aromatic carbocycles. The fourth-order valence-corrected chi connectivity index (χ4v) is 3.39. The predicted molar refractivity (Wildman–Crippen MR) is 89.6 cm³/mol. The number of aryl methyl sites for hydroxylation is 1. The molecular weight excluding hydrogens is 308 g/mol. The zero-order chi connectivity index (χ0) is 17.1. The molecule has 0 spiro atoms. The lowest BCUT2D eigenvalue weighted by Crippen LogP contribution is -2.41. The fourth-order valence-electron chi connectivity index (χ4n) is 3.39. The van der Waals surface area contributed by atoms with E-state index >= 15 is 0 Å². The van der Waals surface area contributed by atoms with Gasteiger partial charge in [0.1, 0.15) is 11.9 Å². The smallest absolute Gasteiger partial charge is 0.335 e. The number of amides is 2. The highest BCUT2D eigenvalue weighted by Crippen LogP contribution is 2.25. The van der Waals surface area contributed by atoms with Crippen LogP contribution in [0.25, 0.3) is 0 Å². The summed E-state index contributed by atoms with van der Waals surface area (Å²) in [7, 11) is 0. The van der Waals surface area contributed by atoms with E-state index < -0.39 is 5.97 Å². The van der Waals surface area contributed by atoms with Gasteiger partial charge >= 0.3 is 12.0 Å². The molecule has 0 aromatic heterocycles. The number of rotatable bonds is 4. The second-order valence-electron chi connectivity index (χ2n) is 6.43. The van der Waals surface area contributed by atoms with Gasteiger partial charge in [-0.15, -0.1) is 0 Å².